The summed E-state index contributed by atoms with van der Waals surface area (Å²) in [4.78, 5) is 37.2. The molecule has 1 fully saturated rings. The Kier molecular flexibility index (Phi) is 8.98. The Labute approximate surface area is 239 Å². The number of benzene rings is 3. The Bertz CT molecular complexity index is 1360. The molecule has 0 heterocycles. The predicted octanol–water partition coefficient (Wildman–Crippen LogP) is 4.46. The van der Waals surface area contributed by atoms with Crippen LogP contribution in [0.25, 0.3) is 0 Å². The van der Waals surface area contributed by atoms with Crippen LogP contribution in [0.5, 0.6) is 5.75 Å². The second-order valence-corrected chi connectivity index (χ2v) is 11.1. The van der Waals surface area contributed by atoms with E-state index in [1.54, 1.807) is 78.9 Å². The zero-order chi connectivity index (χ0) is 29.6. The van der Waals surface area contributed by atoms with Gasteiger partial charge in [0.2, 0.25) is 5.60 Å². The molecule has 216 valence electrons. The van der Waals surface area contributed by atoms with Crippen LogP contribution in [0.3, 0.4) is 0 Å². The van der Waals surface area contributed by atoms with Crippen LogP contribution in [0.4, 0.5) is 4.79 Å². The fourth-order valence-corrected chi connectivity index (χ4v) is 4.56. The highest BCUT2D eigenvalue weighted by atomic mass is 16.6. The van der Waals surface area contributed by atoms with E-state index in [1.165, 1.54) is 7.11 Å². The second kappa shape index (κ2) is 12.4. The normalized spacial score (nSPS) is 17.8. The molecule has 9 heteroatoms. The number of carbonyl (C=O) groups is 3. The first-order valence-corrected chi connectivity index (χ1v) is 13.5. The summed E-state index contributed by atoms with van der Waals surface area (Å²) in [5.41, 5.74) is -0.486. The van der Waals surface area contributed by atoms with Crippen molar-refractivity contribution in [3.63, 3.8) is 0 Å². The molecule has 3 aromatic carbocycles. The van der Waals surface area contributed by atoms with Crippen molar-refractivity contribution >= 4 is 18.0 Å². The van der Waals surface area contributed by atoms with Gasteiger partial charge in [-0.3, -0.25) is 4.79 Å². The molecule has 41 heavy (non-hydrogen) atoms. The number of alkyl carbamates (subject to hydrolysis) is 1. The zero-order valence-corrected chi connectivity index (χ0v) is 23.7. The van der Waals surface area contributed by atoms with Crippen molar-refractivity contribution in [2.45, 2.75) is 63.5 Å². The number of methoxy groups -OCH3 is 1. The Balaban J connectivity index is 1.31. The molecular formula is C32H36N2O7. The standard InChI is InChI=1S/C32H36N2O7/c1-31(2,3)41-30(37)34-26-18-25(19-26)33-28(35)22-15-13-21(14-16-22)20-40-27-12-8-11-24(17-27)32(38,29(36)39-4)23-9-6-5-7-10-23/h5-17,25-26,38H,18-20H2,1-4H3,(H,33,35)(H,34,37)/t25?,26?,32-/m0/s1. The fraction of sp³-hybridized carbons (Fsp3) is 0.344. The lowest BCUT2D eigenvalue weighted by Gasteiger charge is -2.36. The van der Waals surface area contributed by atoms with Crippen molar-refractivity contribution < 1.29 is 33.7 Å². The van der Waals surface area contributed by atoms with Crippen LogP contribution < -0.4 is 15.4 Å². The third-order valence-corrected chi connectivity index (χ3v) is 6.74. The number of rotatable bonds is 9. The Morgan fingerprint density at radius 3 is 2.12 bits per heavy atom. The van der Waals surface area contributed by atoms with Gasteiger partial charge >= 0.3 is 12.1 Å². The van der Waals surface area contributed by atoms with Crippen LogP contribution in [0.2, 0.25) is 0 Å². The minimum absolute atomic E-state index is 0.0164. The van der Waals surface area contributed by atoms with E-state index in [4.69, 9.17) is 14.2 Å². The molecule has 1 aliphatic carbocycles. The molecule has 0 unspecified atom stereocenters. The number of amides is 2. The molecule has 3 aromatic rings. The van der Waals surface area contributed by atoms with Gasteiger partial charge < -0.3 is 30.0 Å². The van der Waals surface area contributed by atoms with Crippen molar-refractivity contribution in [3.8, 4) is 5.75 Å². The molecule has 3 N–H and O–H groups in total. The average Bonchev–Trinajstić information content (AvgIpc) is 2.94. The molecular weight excluding hydrogens is 524 g/mol. The summed E-state index contributed by atoms with van der Waals surface area (Å²) < 4.78 is 16.1. The van der Waals surface area contributed by atoms with Gasteiger partial charge in [-0.15, -0.1) is 0 Å². The summed E-state index contributed by atoms with van der Waals surface area (Å²) in [6.45, 7) is 5.65. The second-order valence-electron chi connectivity index (χ2n) is 11.1. The molecule has 0 spiro atoms. The lowest BCUT2D eigenvalue weighted by Crippen LogP contribution is -2.54. The first-order chi connectivity index (χ1) is 19.5. The van der Waals surface area contributed by atoms with Crippen molar-refractivity contribution in [3.05, 3.63) is 101 Å². The maximum absolute atomic E-state index is 12.7. The minimum Gasteiger partial charge on any atom is -0.489 e. The van der Waals surface area contributed by atoms with Crippen LogP contribution in [0, 0.1) is 0 Å². The van der Waals surface area contributed by atoms with E-state index >= 15 is 0 Å². The highest BCUT2D eigenvalue weighted by Gasteiger charge is 2.41. The lowest BCUT2D eigenvalue weighted by atomic mass is 9.86. The number of aliphatic hydroxyl groups is 1. The van der Waals surface area contributed by atoms with Gasteiger partial charge in [0.1, 0.15) is 18.0 Å². The van der Waals surface area contributed by atoms with Crippen LogP contribution >= 0.6 is 0 Å². The molecule has 1 aliphatic rings. The number of hydrogen-bond donors (Lipinski definition) is 3. The maximum atomic E-state index is 12.7. The molecule has 0 aliphatic heterocycles. The smallest absolute Gasteiger partial charge is 0.407 e. The van der Waals surface area contributed by atoms with Gasteiger partial charge in [-0.05, 0) is 69.0 Å². The Morgan fingerprint density at radius 2 is 1.49 bits per heavy atom. The molecule has 0 bridgehead atoms. The Morgan fingerprint density at radius 1 is 0.854 bits per heavy atom. The van der Waals surface area contributed by atoms with Gasteiger partial charge in [0, 0.05) is 23.2 Å². The van der Waals surface area contributed by atoms with Crippen molar-refractivity contribution in [2.75, 3.05) is 7.11 Å². The summed E-state index contributed by atoms with van der Waals surface area (Å²) >= 11 is 0. The number of ether oxygens (including phenoxy) is 3. The maximum Gasteiger partial charge on any atom is 0.407 e. The van der Waals surface area contributed by atoms with Gasteiger partial charge in [0.05, 0.1) is 7.11 Å². The number of carbonyl (C=O) groups excluding carboxylic acids is 3. The average molecular weight is 561 g/mol. The summed E-state index contributed by atoms with van der Waals surface area (Å²) in [6.07, 6.45) is 0.837. The third-order valence-electron chi connectivity index (χ3n) is 6.74. The lowest BCUT2D eigenvalue weighted by molar-refractivity contribution is -0.158. The van der Waals surface area contributed by atoms with Crippen molar-refractivity contribution in [1.82, 2.24) is 10.6 Å². The van der Waals surface area contributed by atoms with E-state index in [1.807, 2.05) is 20.8 Å². The van der Waals surface area contributed by atoms with Gasteiger partial charge in [-0.2, -0.15) is 0 Å². The Hall–Kier alpha value is -4.37. The van der Waals surface area contributed by atoms with Crippen LogP contribution in [-0.4, -0.2) is 47.9 Å². The van der Waals surface area contributed by atoms with Gasteiger partial charge in [0.15, 0.2) is 0 Å². The van der Waals surface area contributed by atoms with Crippen LogP contribution in [0.1, 0.15) is 60.7 Å². The van der Waals surface area contributed by atoms with E-state index in [2.05, 4.69) is 10.6 Å². The first kappa shape index (κ1) is 29.6. The van der Waals surface area contributed by atoms with Crippen LogP contribution in [-0.2, 0) is 26.5 Å². The van der Waals surface area contributed by atoms with E-state index in [0.29, 0.717) is 35.3 Å². The molecule has 4 rings (SSSR count). The topological polar surface area (TPSA) is 123 Å². The highest BCUT2D eigenvalue weighted by Crippen LogP contribution is 2.33. The quantitative estimate of drug-likeness (QED) is 0.330. The molecule has 0 saturated heterocycles. The zero-order valence-electron chi connectivity index (χ0n) is 23.7. The summed E-state index contributed by atoms with van der Waals surface area (Å²) in [7, 11) is 1.23. The molecule has 1 atom stereocenters. The molecule has 9 nitrogen and oxygen atoms in total. The van der Waals surface area contributed by atoms with Crippen molar-refractivity contribution in [1.29, 1.82) is 0 Å². The van der Waals surface area contributed by atoms with E-state index in [0.717, 1.165) is 5.56 Å². The predicted molar refractivity (Wildman–Crippen MR) is 152 cm³/mol. The fourth-order valence-electron chi connectivity index (χ4n) is 4.56. The number of nitrogens with one attached hydrogen (secondary N) is 2. The molecule has 0 radical (unpaired) electrons. The number of esters is 1. The SMILES string of the molecule is COC(=O)[C@](O)(c1ccccc1)c1cccc(OCc2ccc(C(=O)NC3CC(NC(=O)OC(C)(C)C)C3)cc2)c1. The molecule has 1 saturated carbocycles. The van der Waals surface area contributed by atoms with E-state index in [-0.39, 0.29) is 24.6 Å². The van der Waals surface area contributed by atoms with Gasteiger partial charge in [-0.25, -0.2) is 9.59 Å². The van der Waals surface area contributed by atoms with E-state index < -0.39 is 23.3 Å². The van der Waals surface area contributed by atoms with E-state index in [9.17, 15) is 19.5 Å². The molecule has 2 amide bonds. The first-order valence-electron chi connectivity index (χ1n) is 13.5. The monoisotopic (exact) mass is 560 g/mol. The summed E-state index contributed by atoms with van der Waals surface area (Å²) in [6, 6.07) is 22.3. The third kappa shape index (κ3) is 7.43. The number of hydrogen-bond acceptors (Lipinski definition) is 7. The summed E-state index contributed by atoms with van der Waals surface area (Å²) in [5, 5.41) is 17.2. The largest absolute Gasteiger partial charge is 0.489 e. The highest BCUT2D eigenvalue weighted by molar-refractivity contribution is 5.94. The van der Waals surface area contributed by atoms with Gasteiger partial charge in [0.25, 0.3) is 5.91 Å². The van der Waals surface area contributed by atoms with Crippen molar-refractivity contribution in [2.24, 2.45) is 0 Å². The van der Waals surface area contributed by atoms with Gasteiger partial charge in [-0.1, -0.05) is 54.6 Å². The van der Waals surface area contributed by atoms with Crippen LogP contribution in [0.15, 0.2) is 78.9 Å². The molecule has 0 aromatic heterocycles. The minimum atomic E-state index is -1.99. The summed E-state index contributed by atoms with van der Waals surface area (Å²) in [5.74, 6) is -0.526.